The minimum atomic E-state index is 0.169. The molecule has 0 atom stereocenters. The summed E-state index contributed by atoms with van der Waals surface area (Å²) in [5.41, 5.74) is 4.63. The molecule has 0 bridgehead atoms. The highest BCUT2D eigenvalue weighted by atomic mass is 16.3. The molecular weight excluding hydrogens is 290 g/mol. The van der Waals surface area contributed by atoms with Crippen molar-refractivity contribution < 1.29 is 5.11 Å². The van der Waals surface area contributed by atoms with E-state index in [2.05, 4.69) is 26.3 Å². The van der Waals surface area contributed by atoms with Crippen molar-refractivity contribution in [2.24, 2.45) is 0 Å². The Hall–Kier alpha value is -3.33. The molecule has 0 fully saturated rings. The normalized spacial score (nSPS) is 10.3. The molecular formula is C17H15N5O. The van der Waals surface area contributed by atoms with Gasteiger partial charge in [-0.3, -0.25) is 0 Å². The van der Waals surface area contributed by atoms with Crippen LogP contribution >= 0.6 is 0 Å². The summed E-state index contributed by atoms with van der Waals surface area (Å²) >= 11 is 0. The fourth-order valence-electron chi connectivity index (χ4n) is 2.52. The topological polar surface area (TPSA) is 97.6 Å². The lowest BCUT2D eigenvalue weighted by molar-refractivity contribution is 0.475. The van der Waals surface area contributed by atoms with Gasteiger partial charge in [0.2, 0.25) is 5.95 Å². The van der Waals surface area contributed by atoms with E-state index in [1.807, 2.05) is 19.9 Å². The third-order valence-electron chi connectivity index (χ3n) is 3.56. The van der Waals surface area contributed by atoms with Gasteiger partial charge >= 0.3 is 0 Å². The third-order valence-corrected chi connectivity index (χ3v) is 3.56. The summed E-state index contributed by atoms with van der Waals surface area (Å²) < 4.78 is 0. The van der Waals surface area contributed by atoms with E-state index in [0.717, 1.165) is 22.5 Å². The first-order valence-electron chi connectivity index (χ1n) is 7.07. The molecule has 6 heteroatoms. The number of nitriles is 1. The van der Waals surface area contributed by atoms with Gasteiger partial charge in [-0.05, 0) is 37.6 Å². The van der Waals surface area contributed by atoms with E-state index in [1.165, 1.54) is 0 Å². The van der Waals surface area contributed by atoms with Gasteiger partial charge in [0.05, 0.1) is 5.69 Å². The standard InChI is InChI=1S/C17H15N5O/c1-10-15(9-18)20-11(2)16(10)14-6-7-19-17(22-14)21-12-4-3-5-13(23)8-12/h3-8,20,23H,1-2H3,(H,19,21,22). The first kappa shape index (κ1) is 14.6. The Balaban J connectivity index is 1.98. The van der Waals surface area contributed by atoms with Gasteiger partial charge in [-0.15, -0.1) is 0 Å². The van der Waals surface area contributed by atoms with Crippen molar-refractivity contribution in [1.29, 1.82) is 5.26 Å². The van der Waals surface area contributed by atoms with E-state index in [1.54, 1.807) is 30.5 Å². The molecule has 0 saturated carbocycles. The highest BCUT2D eigenvalue weighted by Gasteiger charge is 2.14. The van der Waals surface area contributed by atoms with Crippen molar-refractivity contribution in [2.75, 3.05) is 5.32 Å². The van der Waals surface area contributed by atoms with Crippen LogP contribution in [0.2, 0.25) is 0 Å². The predicted octanol–water partition coefficient (Wildman–Crippen LogP) is 3.41. The van der Waals surface area contributed by atoms with Gasteiger partial charge in [0, 0.05) is 29.2 Å². The molecule has 0 aliphatic rings. The number of nitrogens with one attached hydrogen (secondary N) is 2. The Morgan fingerprint density at radius 3 is 2.78 bits per heavy atom. The molecule has 3 aromatic rings. The zero-order chi connectivity index (χ0) is 16.4. The second-order valence-corrected chi connectivity index (χ2v) is 5.18. The van der Waals surface area contributed by atoms with Crippen LogP contribution in [0.5, 0.6) is 5.75 Å². The lowest BCUT2D eigenvalue weighted by Gasteiger charge is -2.07. The molecule has 2 aromatic heterocycles. The maximum Gasteiger partial charge on any atom is 0.227 e. The molecule has 6 nitrogen and oxygen atoms in total. The Morgan fingerprint density at radius 1 is 1.26 bits per heavy atom. The molecule has 0 aliphatic carbocycles. The quantitative estimate of drug-likeness (QED) is 0.689. The molecule has 23 heavy (non-hydrogen) atoms. The van der Waals surface area contributed by atoms with Crippen molar-refractivity contribution in [2.45, 2.75) is 13.8 Å². The smallest absolute Gasteiger partial charge is 0.227 e. The van der Waals surface area contributed by atoms with Crippen LogP contribution in [0.1, 0.15) is 17.0 Å². The maximum absolute atomic E-state index is 9.51. The summed E-state index contributed by atoms with van der Waals surface area (Å²) in [7, 11) is 0. The molecule has 0 unspecified atom stereocenters. The van der Waals surface area contributed by atoms with E-state index < -0.39 is 0 Å². The first-order valence-corrected chi connectivity index (χ1v) is 7.07. The van der Waals surface area contributed by atoms with Gasteiger partial charge < -0.3 is 15.4 Å². The van der Waals surface area contributed by atoms with E-state index in [9.17, 15) is 5.11 Å². The lowest BCUT2D eigenvalue weighted by Crippen LogP contribution is -1.98. The Labute approximate surface area is 133 Å². The van der Waals surface area contributed by atoms with E-state index in [-0.39, 0.29) is 5.75 Å². The van der Waals surface area contributed by atoms with Crippen LogP contribution in [0.25, 0.3) is 11.3 Å². The second-order valence-electron chi connectivity index (χ2n) is 5.18. The van der Waals surface area contributed by atoms with Gasteiger partial charge in [-0.2, -0.15) is 5.26 Å². The molecule has 3 N–H and O–H groups in total. The number of aromatic nitrogens is 3. The van der Waals surface area contributed by atoms with Crippen LogP contribution in [-0.2, 0) is 0 Å². The fourth-order valence-corrected chi connectivity index (χ4v) is 2.52. The average molecular weight is 305 g/mol. The minimum Gasteiger partial charge on any atom is -0.508 e. The summed E-state index contributed by atoms with van der Waals surface area (Å²) in [6.07, 6.45) is 1.66. The number of nitrogens with zero attached hydrogens (tertiary/aromatic N) is 3. The van der Waals surface area contributed by atoms with Gasteiger partial charge in [0.1, 0.15) is 17.5 Å². The van der Waals surface area contributed by atoms with Crippen LogP contribution in [0.15, 0.2) is 36.5 Å². The number of aromatic amines is 1. The highest BCUT2D eigenvalue weighted by molar-refractivity contribution is 5.70. The lowest BCUT2D eigenvalue weighted by atomic mass is 10.1. The Bertz CT molecular complexity index is 908. The monoisotopic (exact) mass is 305 g/mol. The van der Waals surface area contributed by atoms with E-state index in [0.29, 0.717) is 17.3 Å². The first-order chi connectivity index (χ1) is 11.1. The van der Waals surface area contributed by atoms with Gasteiger partial charge in [-0.1, -0.05) is 6.07 Å². The van der Waals surface area contributed by atoms with Crippen LogP contribution in [-0.4, -0.2) is 20.1 Å². The number of anilines is 2. The van der Waals surface area contributed by atoms with Crippen molar-refractivity contribution in [1.82, 2.24) is 15.0 Å². The van der Waals surface area contributed by atoms with E-state index >= 15 is 0 Å². The number of phenols is 1. The summed E-state index contributed by atoms with van der Waals surface area (Å²) in [5, 5.41) is 21.7. The van der Waals surface area contributed by atoms with Crippen LogP contribution in [0, 0.1) is 25.2 Å². The highest BCUT2D eigenvalue weighted by Crippen LogP contribution is 2.28. The largest absolute Gasteiger partial charge is 0.508 e. The van der Waals surface area contributed by atoms with Crippen LogP contribution < -0.4 is 5.32 Å². The minimum absolute atomic E-state index is 0.169. The summed E-state index contributed by atoms with van der Waals surface area (Å²) in [5.74, 6) is 0.591. The summed E-state index contributed by atoms with van der Waals surface area (Å²) in [6.45, 7) is 3.80. The molecule has 0 amide bonds. The Morgan fingerprint density at radius 2 is 2.09 bits per heavy atom. The maximum atomic E-state index is 9.51. The molecule has 0 radical (unpaired) electrons. The van der Waals surface area contributed by atoms with Crippen molar-refractivity contribution >= 4 is 11.6 Å². The zero-order valence-corrected chi connectivity index (χ0v) is 12.8. The number of phenolic OH excluding ortho intramolecular Hbond substituents is 1. The van der Waals surface area contributed by atoms with Crippen molar-refractivity contribution in [3.05, 3.63) is 53.5 Å². The number of hydrogen-bond acceptors (Lipinski definition) is 5. The molecule has 3 rings (SSSR count). The third kappa shape index (κ3) is 2.85. The predicted molar refractivity (Wildman–Crippen MR) is 87.4 cm³/mol. The van der Waals surface area contributed by atoms with Gasteiger partial charge in [-0.25, -0.2) is 9.97 Å². The van der Waals surface area contributed by atoms with E-state index in [4.69, 9.17) is 5.26 Å². The number of benzene rings is 1. The van der Waals surface area contributed by atoms with Crippen LogP contribution in [0.4, 0.5) is 11.6 Å². The van der Waals surface area contributed by atoms with Crippen LogP contribution in [0.3, 0.4) is 0 Å². The second kappa shape index (κ2) is 5.81. The molecule has 114 valence electrons. The summed E-state index contributed by atoms with van der Waals surface area (Å²) in [6, 6.07) is 10.7. The summed E-state index contributed by atoms with van der Waals surface area (Å²) in [4.78, 5) is 11.8. The Kier molecular flexibility index (Phi) is 3.69. The van der Waals surface area contributed by atoms with Crippen molar-refractivity contribution in [3.8, 4) is 23.1 Å². The van der Waals surface area contributed by atoms with Gasteiger partial charge in [0.25, 0.3) is 0 Å². The zero-order valence-electron chi connectivity index (χ0n) is 12.8. The molecule has 0 spiro atoms. The fraction of sp³-hybridized carbons (Fsp3) is 0.118. The SMILES string of the molecule is Cc1[nH]c(C#N)c(C)c1-c1ccnc(Nc2cccc(O)c2)n1. The molecule has 1 aromatic carbocycles. The molecule has 0 aliphatic heterocycles. The number of rotatable bonds is 3. The average Bonchev–Trinajstić information content (AvgIpc) is 2.81. The van der Waals surface area contributed by atoms with Crippen molar-refractivity contribution in [3.63, 3.8) is 0 Å². The number of H-pyrrole nitrogens is 1. The number of hydrogen-bond donors (Lipinski definition) is 3. The number of aromatic hydroxyl groups is 1. The molecule has 2 heterocycles. The van der Waals surface area contributed by atoms with Gasteiger partial charge in [0.15, 0.2) is 0 Å². The number of aryl methyl sites for hydroxylation is 1. The molecule has 0 saturated heterocycles.